The molecule has 0 spiro atoms. The van der Waals surface area contributed by atoms with E-state index in [9.17, 15) is 15.2 Å². The molecule has 1 aliphatic heterocycles. The van der Waals surface area contributed by atoms with Gasteiger partial charge in [-0.25, -0.2) is 4.79 Å². The van der Waals surface area contributed by atoms with Gasteiger partial charge in [0.2, 0.25) is 5.60 Å². The van der Waals surface area contributed by atoms with E-state index in [0.29, 0.717) is 24.3 Å². The molecule has 2 aliphatic rings. The lowest BCUT2D eigenvalue weighted by molar-refractivity contribution is -0.187. The third-order valence-corrected chi connectivity index (χ3v) is 5.44. The topological polar surface area (TPSA) is 86.1 Å². The number of H-pyrrole nitrogens is 1. The third-order valence-electron chi connectivity index (χ3n) is 5.44. The average Bonchev–Trinajstić information content (AvgIpc) is 2.88. The first kappa shape index (κ1) is 14.3. The predicted octanol–water partition coefficient (Wildman–Crippen LogP) is 3.00. The van der Waals surface area contributed by atoms with Crippen LogP contribution in [0.4, 0.5) is 0 Å². The lowest BCUT2D eigenvalue weighted by Gasteiger charge is -2.43. The summed E-state index contributed by atoms with van der Waals surface area (Å²) in [5, 5.41) is 20.3. The molecule has 0 saturated heterocycles. The van der Waals surface area contributed by atoms with Crippen LogP contribution in [0, 0.1) is 24.2 Å². The van der Waals surface area contributed by atoms with Gasteiger partial charge in [-0.3, -0.25) is 0 Å². The number of hydrogen-bond donors (Lipinski definition) is 2. The van der Waals surface area contributed by atoms with Crippen LogP contribution in [-0.2, 0) is 21.6 Å². The maximum atomic E-state index is 12.2. The Morgan fingerprint density at radius 1 is 1.48 bits per heavy atom. The van der Waals surface area contributed by atoms with Crippen molar-refractivity contribution in [3.63, 3.8) is 0 Å². The number of aromatic nitrogens is 1. The summed E-state index contributed by atoms with van der Waals surface area (Å²) in [6, 6.07) is 5.95. The Morgan fingerprint density at radius 3 is 2.87 bits per heavy atom. The Morgan fingerprint density at radius 2 is 2.26 bits per heavy atom. The number of nitrogens with zero attached hydrogens (tertiary/aromatic N) is 1. The van der Waals surface area contributed by atoms with Crippen molar-refractivity contribution >= 4 is 16.9 Å². The van der Waals surface area contributed by atoms with Gasteiger partial charge < -0.3 is 14.8 Å². The zero-order valence-electron chi connectivity index (χ0n) is 13.0. The first-order chi connectivity index (χ1) is 11.1. The number of aromatic amines is 1. The zero-order chi connectivity index (χ0) is 16.2. The van der Waals surface area contributed by atoms with Crippen LogP contribution in [0.15, 0.2) is 12.1 Å². The number of carboxylic acids is 1. The van der Waals surface area contributed by atoms with E-state index in [1.165, 1.54) is 0 Å². The second kappa shape index (κ2) is 4.84. The molecular formula is C18H18N2O3. The number of nitriles is 1. The second-order valence-corrected chi connectivity index (χ2v) is 6.54. The molecule has 1 aliphatic carbocycles. The summed E-state index contributed by atoms with van der Waals surface area (Å²) in [4.78, 5) is 15.5. The summed E-state index contributed by atoms with van der Waals surface area (Å²) in [6.07, 6.45) is 3.41. The molecule has 2 heterocycles. The number of nitrogens with one attached hydrogen (secondary N) is 1. The summed E-state index contributed by atoms with van der Waals surface area (Å²) < 4.78 is 5.89. The Kier molecular flexibility index (Phi) is 3.00. The monoisotopic (exact) mass is 310 g/mol. The Hall–Kier alpha value is -2.32. The minimum absolute atomic E-state index is 0.00189. The first-order valence-corrected chi connectivity index (χ1v) is 8.01. The highest BCUT2D eigenvalue weighted by Gasteiger charge is 2.54. The number of rotatable bonds is 2. The van der Waals surface area contributed by atoms with Crippen molar-refractivity contribution < 1.29 is 14.6 Å². The van der Waals surface area contributed by atoms with Gasteiger partial charge in [0.05, 0.1) is 29.5 Å². The van der Waals surface area contributed by atoms with Crippen molar-refractivity contribution in [3.05, 3.63) is 34.5 Å². The van der Waals surface area contributed by atoms with Crippen molar-refractivity contribution in [2.75, 3.05) is 6.61 Å². The van der Waals surface area contributed by atoms with Crippen molar-refractivity contribution in [1.82, 2.24) is 4.98 Å². The predicted molar refractivity (Wildman–Crippen MR) is 84.1 cm³/mol. The molecule has 1 fully saturated rings. The molecule has 5 heteroatoms. The maximum absolute atomic E-state index is 12.2. The van der Waals surface area contributed by atoms with E-state index in [4.69, 9.17) is 4.74 Å². The molecular weight excluding hydrogens is 292 g/mol. The van der Waals surface area contributed by atoms with Crippen LogP contribution in [-0.4, -0.2) is 22.7 Å². The largest absolute Gasteiger partial charge is 0.479 e. The number of carbonyl (C=O) groups is 1. The fraction of sp³-hybridized carbons (Fsp3) is 0.444. The van der Waals surface area contributed by atoms with Crippen molar-refractivity contribution in [2.45, 2.75) is 38.2 Å². The molecule has 1 unspecified atom stereocenters. The first-order valence-electron chi connectivity index (χ1n) is 8.01. The van der Waals surface area contributed by atoms with Crippen LogP contribution in [0.2, 0.25) is 0 Å². The standard InChI is InChI=1S/C18H18N2O3/c1-10-5-6-11(9-19)14-13-7-8-23-18(17(21)22,12-3-2-4-12)16(13)20-15(10)14/h5-6,12,20H,2-4,7-8H2,1H3,(H,21,22). The molecule has 4 rings (SSSR count). The fourth-order valence-electron chi connectivity index (χ4n) is 4.03. The quantitative estimate of drug-likeness (QED) is 0.892. The number of hydrogen-bond acceptors (Lipinski definition) is 3. The number of carboxylic acid groups (broad SMARTS) is 1. The molecule has 1 aromatic heterocycles. The summed E-state index contributed by atoms with van der Waals surface area (Å²) in [5.74, 6) is -0.927. The number of aryl methyl sites for hydroxylation is 1. The lowest BCUT2D eigenvalue weighted by atomic mass is 9.69. The zero-order valence-corrected chi connectivity index (χ0v) is 13.0. The van der Waals surface area contributed by atoms with Gasteiger partial charge in [-0.05, 0) is 43.4 Å². The molecule has 0 radical (unpaired) electrons. The van der Waals surface area contributed by atoms with Crippen LogP contribution < -0.4 is 0 Å². The van der Waals surface area contributed by atoms with Crippen LogP contribution >= 0.6 is 0 Å². The van der Waals surface area contributed by atoms with Gasteiger partial charge in [0.25, 0.3) is 0 Å². The van der Waals surface area contributed by atoms with E-state index in [0.717, 1.165) is 41.3 Å². The normalized spacial score (nSPS) is 24.0. The Labute approximate surface area is 133 Å². The van der Waals surface area contributed by atoms with Gasteiger partial charge in [0.15, 0.2) is 0 Å². The highest BCUT2D eigenvalue weighted by atomic mass is 16.5. The molecule has 0 amide bonds. The van der Waals surface area contributed by atoms with E-state index in [1.807, 2.05) is 19.1 Å². The highest BCUT2D eigenvalue weighted by Crippen LogP contribution is 2.49. The van der Waals surface area contributed by atoms with Crippen molar-refractivity contribution in [3.8, 4) is 6.07 Å². The van der Waals surface area contributed by atoms with Gasteiger partial charge >= 0.3 is 5.97 Å². The SMILES string of the molecule is Cc1ccc(C#N)c2c3c([nH]c12)C(C(=O)O)(C1CCC1)OCC3. The summed E-state index contributed by atoms with van der Waals surface area (Å²) in [7, 11) is 0. The van der Waals surface area contributed by atoms with Crippen LogP contribution in [0.5, 0.6) is 0 Å². The Balaban J connectivity index is 2.06. The molecule has 0 bridgehead atoms. The second-order valence-electron chi connectivity index (χ2n) is 6.54. The number of benzene rings is 1. The van der Waals surface area contributed by atoms with Crippen molar-refractivity contribution in [1.29, 1.82) is 5.26 Å². The number of aliphatic carboxylic acids is 1. The molecule has 1 atom stereocenters. The van der Waals surface area contributed by atoms with Gasteiger partial charge in [-0.2, -0.15) is 5.26 Å². The van der Waals surface area contributed by atoms with Gasteiger partial charge in [0, 0.05) is 11.3 Å². The molecule has 5 nitrogen and oxygen atoms in total. The van der Waals surface area contributed by atoms with E-state index in [-0.39, 0.29) is 5.92 Å². The Bertz CT molecular complexity index is 857. The van der Waals surface area contributed by atoms with Crippen LogP contribution in [0.1, 0.15) is 41.6 Å². The van der Waals surface area contributed by atoms with Crippen LogP contribution in [0.3, 0.4) is 0 Å². The van der Waals surface area contributed by atoms with Crippen molar-refractivity contribution in [2.24, 2.45) is 5.92 Å². The smallest absolute Gasteiger partial charge is 0.342 e. The molecule has 1 saturated carbocycles. The van der Waals surface area contributed by atoms with E-state index >= 15 is 0 Å². The molecule has 118 valence electrons. The minimum Gasteiger partial charge on any atom is -0.479 e. The van der Waals surface area contributed by atoms with Gasteiger partial charge in [0.1, 0.15) is 0 Å². The minimum atomic E-state index is -1.29. The van der Waals surface area contributed by atoms with Crippen LogP contribution in [0.25, 0.3) is 10.9 Å². The lowest BCUT2D eigenvalue weighted by Crippen LogP contribution is -2.51. The fourth-order valence-corrected chi connectivity index (χ4v) is 4.03. The summed E-state index contributed by atoms with van der Waals surface area (Å²) in [5.41, 5.74) is 2.79. The highest BCUT2D eigenvalue weighted by molar-refractivity contribution is 5.95. The molecule has 2 N–H and O–H groups in total. The van der Waals surface area contributed by atoms with Gasteiger partial charge in [-0.1, -0.05) is 12.5 Å². The molecule has 23 heavy (non-hydrogen) atoms. The average molecular weight is 310 g/mol. The molecule has 1 aromatic carbocycles. The third kappa shape index (κ3) is 1.73. The van der Waals surface area contributed by atoms with Gasteiger partial charge in [-0.15, -0.1) is 0 Å². The van der Waals surface area contributed by atoms with E-state index in [2.05, 4.69) is 11.1 Å². The van der Waals surface area contributed by atoms with E-state index in [1.54, 1.807) is 0 Å². The molecule has 2 aromatic rings. The number of ether oxygens (including phenoxy) is 1. The number of fused-ring (bicyclic) bond motifs is 3. The van der Waals surface area contributed by atoms with E-state index < -0.39 is 11.6 Å². The maximum Gasteiger partial charge on any atom is 0.342 e. The summed E-state index contributed by atoms with van der Waals surface area (Å²) >= 11 is 0. The summed E-state index contributed by atoms with van der Waals surface area (Å²) in [6.45, 7) is 2.35.